The normalized spacial score (nSPS) is 16.4. The van der Waals surface area contributed by atoms with Gasteiger partial charge in [0.1, 0.15) is 11.3 Å². The lowest BCUT2D eigenvalue weighted by Crippen LogP contribution is -2.24. The first-order valence-corrected chi connectivity index (χ1v) is 7.21. The predicted octanol–water partition coefficient (Wildman–Crippen LogP) is 4.11. The van der Waals surface area contributed by atoms with E-state index >= 15 is 0 Å². The number of para-hydroxylation sites is 1. The fourth-order valence-corrected chi connectivity index (χ4v) is 2.70. The molecule has 1 saturated carbocycles. The molecule has 1 atom stereocenters. The molecule has 2 aromatic rings. The highest BCUT2D eigenvalue weighted by Gasteiger charge is 2.14. The number of carbonyl (C=O) groups is 1. The Morgan fingerprint density at radius 3 is 2.80 bits per heavy atom. The maximum atomic E-state index is 12.0. The van der Waals surface area contributed by atoms with Gasteiger partial charge in [-0.25, -0.2) is 0 Å². The van der Waals surface area contributed by atoms with E-state index in [0.717, 1.165) is 29.6 Å². The van der Waals surface area contributed by atoms with Crippen molar-refractivity contribution in [3.63, 3.8) is 0 Å². The highest BCUT2D eigenvalue weighted by Crippen LogP contribution is 2.25. The van der Waals surface area contributed by atoms with Gasteiger partial charge in [0.25, 0.3) is 0 Å². The molecule has 1 unspecified atom stereocenters. The van der Waals surface area contributed by atoms with Gasteiger partial charge in [0.05, 0.1) is 6.04 Å². The summed E-state index contributed by atoms with van der Waals surface area (Å²) in [5.74, 6) is 0.777. The molecule has 3 rings (SSSR count). The Hall–Kier alpha value is -2.03. The summed E-state index contributed by atoms with van der Waals surface area (Å²) in [6.45, 7) is 1.95. The Morgan fingerprint density at radius 1 is 1.30 bits per heavy atom. The van der Waals surface area contributed by atoms with Gasteiger partial charge in [0.2, 0.25) is 5.91 Å². The zero-order chi connectivity index (χ0) is 13.9. The minimum atomic E-state index is -0.117. The number of furan rings is 1. The van der Waals surface area contributed by atoms with Crippen molar-refractivity contribution in [2.24, 2.45) is 0 Å². The van der Waals surface area contributed by atoms with Crippen LogP contribution in [-0.2, 0) is 4.79 Å². The molecule has 1 heterocycles. The zero-order valence-corrected chi connectivity index (χ0v) is 11.7. The maximum absolute atomic E-state index is 12.0. The zero-order valence-electron chi connectivity index (χ0n) is 11.7. The Kier molecular flexibility index (Phi) is 3.59. The molecular formula is C17H19NO2. The number of allylic oxidation sites excluding steroid dienone is 1. The van der Waals surface area contributed by atoms with Gasteiger partial charge in [0.15, 0.2) is 0 Å². The SMILES string of the molecule is CC(NC(=O)C=C1CCCC1)c1cc2ccccc2o1. The summed E-state index contributed by atoms with van der Waals surface area (Å²) in [5.41, 5.74) is 2.12. The van der Waals surface area contributed by atoms with Crippen LogP contribution in [0, 0.1) is 0 Å². The van der Waals surface area contributed by atoms with Gasteiger partial charge in [0, 0.05) is 11.5 Å². The van der Waals surface area contributed by atoms with Crippen LogP contribution < -0.4 is 5.32 Å². The fourth-order valence-electron chi connectivity index (χ4n) is 2.70. The van der Waals surface area contributed by atoms with Crippen molar-refractivity contribution in [1.29, 1.82) is 0 Å². The third-order valence-electron chi connectivity index (χ3n) is 3.81. The Labute approximate surface area is 118 Å². The molecule has 1 fully saturated rings. The van der Waals surface area contributed by atoms with Crippen molar-refractivity contribution < 1.29 is 9.21 Å². The van der Waals surface area contributed by atoms with Gasteiger partial charge in [-0.05, 0) is 44.7 Å². The van der Waals surface area contributed by atoms with Crippen LogP contribution in [-0.4, -0.2) is 5.91 Å². The number of benzene rings is 1. The summed E-state index contributed by atoms with van der Waals surface area (Å²) in [6.07, 6.45) is 6.29. The largest absolute Gasteiger partial charge is 0.459 e. The van der Waals surface area contributed by atoms with E-state index in [1.807, 2.05) is 37.3 Å². The molecule has 20 heavy (non-hydrogen) atoms. The van der Waals surface area contributed by atoms with Crippen LogP contribution in [0.4, 0.5) is 0 Å². The van der Waals surface area contributed by atoms with Crippen LogP contribution in [0.2, 0.25) is 0 Å². The van der Waals surface area contributed by atoms with Crippen molar-refractivity contribution in [2.45, 2.75) is 38.6 Å². The van der Waals surface area contributed by atoms with E-state index in [2.05, 4.69) is 5.32 Å². The lowest BCUT2D eigenvalue weighted by Gasteiger charge is -2.09. The van der Waals surface area contributed by atoms with Crippen LogP contribution in [0.1, 0.15) is 44.4 Å². The molecule has 1 N–H and O–H groups in total. The number of amides is 1. The van der Waals surface area contributed by atoms with Gasteiger partial charge in [-0.2, -0.15) is 0 Å². The van der Waals surface area contributed by atoms with Crippen molar-refractivity contribution >= 4 is 16.9 Å². The third kappa shape index (κ3) is 2.77. The lowest BCUT2D eigenvalue weighted by molar-refractivity contribution is -0.117. The molecule has 0 bridgehead atoms. The van der Waals surface area contributed by atoms with E-state index in [0.29, 0.717) is 0 Å². The first kappa shape index (κ1) is 13.0. The minimum absolute atomic E-state index is 0.0187. The Bertz CT molecular complexity index is 613. The molecule has 1 aromatic carbocycles. The van der Waals surface area contributed by atoms with Crippen LogP contribution in [0.15, 0.2) is 46.4 Å². The van der Waals surface area contributed by atoms with Gasteiger partial charge < -0.3 is 9.73 Å². The second kappa shape index (κ2) is 5.53. The van der Waals surface area contributed by atoms with E-state index < -0.39 is 0 Å². The van der Waals surface area contributed by atoms with Crippen LogP contribution in [0.5, 0.6) is 0 Å². The van der Waals surface area contributed by atoms with Crippen molar-refractivity contribution in [1.82, 2.24) is 5.32 Å². The lowest BCUT2D eigenvalue weighted by atomic mass is 10.2. The van der Waals surface area contributed by atoms with Crippen LogP contribution >= 0.6 is 0 Å². The summed E-state index contributed by atoms with van der Waals surface area (Å²) < 4.78 is 5.77. The quantitative estimate of drug-likeness (QED) is 0.852. The highest BCUT2D eigenvalue weighted by molar-refractivity contribution is 5.88. The van der Waals surface area contributed by atoms with Crippen molar-refractivity contribution in [3.8, 4) is 0 Å². The molecular weight excluding hydrogens is 250 g/mol. The first-order chi connectivity index (χ1) is 9.72. The summed E-state index contributed by atoms with van der Waals surface area (Å²) >= 11 is 0. The summed E-state index contributed by atoms with van der Waals surface area (Å²) in [4.78, 5) is 12.0. The van der Waals surface area contributed by atoms with Crippen LogP contribution in [0.25, 0.3) is 11.0 Å². The van der Waals surface area contributed by atoms with Crippen molar-refractivity contribution in [3.05, 3.63) is 47.7 Å². The molecule has 104 valence electrons. The molecule has 0 saturated heterocycles. The number of nitrogens with one attached hydrogen (secondary N) is 1. The number of rotatable bonds is 3. The number of fused-ring (bicyclic) bond motifs is 1. The third-order valence-corrected chi connectivity index (χ3v) is 3.81. The maximum Gasteiger partial charge on any atom is 0.244 e. The standard InChI is InChI=1S/C17H19NO2/c1-12(18-17(19)10-13-6-2-3-7-13)16-11-14-8-4-5-9-15(14)20-16/h4-5,8-12H,2-3,6-7H2,1H3,(H,18,19). The van der Waals surface area contributed by atoms with E-state index in [4.69, 9.17) is 4.42 Å². The number of hydrogen-bond donors (Lipinski definition) is 1. The molecule has 0 aliphatic heterocycles. The molecule has 0 spiro atoms. The minimum Gasteiger partial charge on any atom is -0.459 e. The van der Waals surface area contributed by atoms with E-state index in [-0.39, 0.29) is 11.9 Å². The molecule has 1 amide bonds. The first-order valence-electron chi connectivity index (χ1n) is 7.21. The highest BCUT2D eigenvalue weighted by atomic mass is 16.3. The molecule has 3 heteroatoms. The molecule has 1 aliphatic rings. The van der Waals surface area contributed by atoms with E-state index in [1.54, 1.807) is 6.08 Å². The summed E-state index contributed by atoms with van der Waals surface area (Å²) in [7, 11) is 0. The van der Waals surface area contributed by atoms with Gasteiger partial charge in [-0.1, -0.05) is 23.8 Å². The molecule has 3 nitrogen and oxygen atoms in total. The van der Waals surface area contributed by atoms with E-state index in [1.165, 1.54) is 18.4 Å². The number of carbonyl (C=O) groups excluding carboxylic acids is 1. The van der Waals surface area contributed by atoms with E-state index in [9.17, 15) is 4.79 Å². The smallest absolute Gasteiger partial charge is 0.244 e. The molecule has 1 aliphatic carbocycles. The van der Waals surface area contributed by atoms with Gasteiger partial charge in [-0.3, -0.25) is 4.79 Å². The average Bonchev–Trinajstić information content (AvgIpc) is 3.06. The Balaban J connectivity index is 1.70. The summed E-state index contributed by atoms with van der Waals surface area (Å²) in [6, 6.07) is 9.75. The number of hydrogen-bond acceptors (Lipinski definition) is 2. The predicted molar refractivity (Wildman–Crippen MR) is 79.3 cm³/mol. The van der Waals surface area contributed by atoms with Crippen molar-refractivity contribution in [2.75, 3.05) is 0 Å². The Morgan fingerprint density at radius 2 is 2.05 bits per heavy atom. The topological polar surface area (TPSA) is 42.2 Å². The average molecular weight is 269 g/mol. The molecule has 0 radical (unpaired) electrons. The molecule has 1 aromatic heterocycles. The van der Waals surface area contributed by atoms with Gasteiger partial charge in [-0.15, -0.1) is 0 Å². The van der Waals surface area contributed by atoms with Gasteiger partial charge >= 0.3 is 0 Å². The second-order valence-electron chi connectivity index (χ2n) is 5.43. The fraction of sp³-hybridized carbons (Fsp3) is 0.353. The van der Waals surface area contributed by atoms with Crippen LogP contribution in [0.3, 0.4) is 0 Å². The monoisotopic (exact) mass is 269 g/mol. The summed E-state index contributed by atoms with van der Waals surface area (Å²) in [5, 5.41) is 4.04. The second-order valence-corrected chi connectivity index (χ2v) is 5.43.